The lowest BCUT2D eigenvalue weighted by Gasteiger charge is -2.20. The number of benzene rings is 1. The van der Waals surface area contributed by atoms with Crippen LogP contribution < -0.4 is 10.5 Å². The molecule has 1 aromatic rings. The number of methoxy groups -OCH3 is 1. The summed E-state index contributed by atoms with van der Waals surface area (Å²) in [6.45, 7) is -1.10. The molecule has 0 saturated heterocycles. The Morgan fingerprint density at radius 2 is 2.00 bits per heavy atom. The van der Waals surface area contributed by atoms with Crippen LogP contribution in [0.25, 0.3) is 0 Å². The Hall–Kier alpha value is -2.09. The summed E-state index contributed by atoms with van der Waals surface area (Å²) in [6.07, 6.45) is 0. The van der Waals surface area contributed by atoms with Gasteiger partial charge in [0, 0.05) is 4.47 Å². The van der Waals surface area contributed by atoms with E-state index in [9.17, 15) is 14.4 Å². The fourth-order valence-electron chi connectivity index (χ4n) is 1.52. The summed E-state index contributed by atoms with van der Waals surface area (Å²) in [7, 11) is 1.44. The minimum atomic E-state index is -1.24. The maximum Gasteiger partial charge on any atom is 0.323 e. The number of nitrogens with zero attached hydrogens (tertiary/aromatic N) is 1. The minimum absolute atomic E-state index is 0.187. The van der Waals surface area contributed by atoms with Gasteiger partial charge in [-0.05, 0) is 34.1 Å². The summed E-state index contributed by atoms with van der Waals surface area (Å²) in [5.74, 6) is -2.22. The summed E-state index contributed by atoms with van der Waals surface area (Å²) in [5.41, 5.74) is 5.20. The number of carbonyl (C=O) groups is 3. The number of ether oxygens (including phenoxy) is 1. The van der Waals surface area contributed by atoms with Gasteiger partial charge in [0.1, 0.15) is 18.8 Å². The summed E-state index contributed by atoms with van der Waals surface area (Å²) in [4.78, 5) is 34.8. The molecule has 0 atom stereocenters. The highest BCUT2D eigenvalue weighted by Gasteiger charge is 2.22. The normalized spacial score (nSPS) is 9.90. The van der Waals surface area contributed by atoms with Crippen molar-refractivity contribution in [3.05, 3.63) is 28.2 Å². The van der Waals surface area contributed by atoms with E-state index < -0.39 is 30.9 Å². The second-order valence-electron chi connectivity index (χ2n) is 3.87. The smallest absolute Gasteiger partial charge is 0.323 e. The average molecular weight is 345 g/mol. The molecule has 0 aliphatic rings. The first-order valence-corrected chi connectivity index (χ1v) is 6.27. The van der Waals surface area contributed by atoms with E-state index in [-0.39, 0.29) is 5.56 Å². The van der Waals surface area contributed by atoms with Crippen molar-refractivity contribution < 1.29 is 24.2 Å². The molecular formula is C12H13BrN2O5. The highest BCUT2D eigenvalue weighted by molar-refractivity contribution is 9.10. The Morgan fingerprint density at radius 1 is 1.35 bits per heavy atom. The Bertz CT molecular complexity index is 531. The quantitative estimate of drug-likeness (QED) is 0.779. The van der Waals surface area contributed by atoms with Crippen molar-refractivity contribution in [3.8, 4) is 5.75 Å². The van der Waals surface area contributed by atoms with E-state index >= 15 is 0 Å². The number of hydrogen-bond acceptors (Lipinski definition) is 4. The molecule has 7 nitrogen and oxygen atoms in total. The number of rotatable bonds is 6. The van der Waals surface area contributed by atoms with Crippen LogP contribution in [0.5, 0.6) is 5.75 Å². The van der Waals surface area contributed by atoms with Crippen molar-refractivity contribution in [3.63, 3.8) is 0 Å². The molecule has 0 aromatic heterocycles. The molecule has 0 aliphatic heterocycles. The van der Waals surface area contributed by atoms with Gasteiger partial charge in [0.05, 0.1) is 12.7 Å². The van der Waals surface area contributed by atoms with E-state index in [0.29, 0.717) is 10.2 Å². The zero-order valence-corrected chi connectivity index (χ0v) is 12.2. The first-order valence-electron chi connectivity index (χ1n) is 5.48. The SMILES string of the molecule is COc1ccc(Br)c(C(=O)N(CC(N)=O)CC(=O)O)c1. The van der Waals surface area contributed by atoms with Gasteiger partial charge in [0.25, 0.3) is 5.91 Å². The number of nitrogens with two attached hydrogens (primary N) is 1. The summed E-state index contributed by atoms with van der Waals surface area (Å²) < 4.78 is 5.46. The highest BCUT2D eigenvalue weighted by Crippen LogP contribution is 2.23. The van der Waals surface area contributed by atoms with Gasteiger partial charge in [0.15, 0.2) is 0 Å². The number of carboxylic acid groups (broad SMARTS) is 1. The van der Waals surface area contributed by atoms with Gasteiger partial charge < -0.3 is 20.5 Å². The second-order valence-corrected chi connectivity index (χ2v) is 4.72. The van der Waals surface area contributed by atoms with E-state index in [1.54, 1.807) is 12.1 Å². The predicted octanol–water partition coefficient (Wildman–Crippen LogP) is 0.470. The molecule has 0 unspecified atom stereocenters. The molecule has 1 aromatic carbocycles. The summed E-state index contributed by atoms with van der Waals surface area (Å²) >= 11 is 3.19. The lowest BCUT2D eigenvalue weighted by Crippen LogP contribution is -2.41. The molecule has 8 heteroatoms. The van der Waals surface area contributed by atoms with Gasteiger partial charge in [-0.2, -0.15) is 0 Å². The van der Waals surface area contributed by atoms with Gasteiger partial charge in [0.2, 0.25) is 5.91 Å². The van der Waals surface area contributed by atoms with E-state index in [1.165, 1.54) is 13.2 Å². The van der Waals surface area contributed by atoms with Crippen LogP contribution in [0.1, 0.15) is 10.4 Å². The van der Waals surface area contributed by atoms with Crippen LogP contribution in [-0.4, -0.2) is 48.0 Å². The molecule has 20 heavy (non-hydrogen) atoms. The number of amides is 2. The Balaban J connectivity index is 3.10. The monoisotopic (exact) mass is 344 g/mol. The van der Waals surface area contributed by atoms with Crippen molar-refractivity contribution in [2.24, 2.45) is 5.73 Å². The van der Waals surface area contributed by atoms with E-state index in [4.69, 9.17) is 15.6 Å². The number of primary amides is 1. The van der Waals surface area contributed by atoms with Crippen LogP contribution in [0.3, 0.4) is 0 Å². The summed E-state index contributed by atoms with van der Waals surface area (Å²) in [5, 5.41) is 8.78. The van der Waals surface area contributed by atoms with E-state index in [0.717, 1.165) is 4.90 Å². The predicted molar refractivity (Wildman–Crippen MR) is 73.4 cm³/mol. The molecule has 0 bridgehead atoms. The highest BCUT2D eigenvalue weighted by atomic mass is 79.9. The van der Waals surface area contributed by atoms with Gasteiger partial charge in [-0.15, -0.1) is 0 Å². The molecule has 1 rings (SSSR count). The van der Waals surface area contributed by atoms with Crippen LogP contribution >= 0.6 is 15.9 Å². The van der Waals surface area contributed by atoms with Crippen molar-refractivity contribution in [1.82, 2.24) is 4.90 Å². The third-order valence-corrected chi connectivity index (χ3v) is 3.06. The summed E-state index contributed by atoms with van der Waals surface area (Å²) in [6, 6.07) is 4.67. The third kappa shape index (κ3) is 4.23. The molecule has 0 spiro atoms. The number of hydrogen-bond donors (Lipinski definition) is 2. The average Bonchev–Trinajstić information content (AvgIpc) is 2.36. The largest absolute Gasteiger partial charge is 0.497 e. The molecule has 2 amide bonds. The topological polar surface area (TPSA) is 110 Å². The first kappa shape index (κ1) is 16.0. The molecular weight excluding hydrogens is 332 g/mol. The Morgan fingerprint density at radius 3 is 2.50 bits per heavy atom. The second kappa shape index (κ2) is 6.90. The number of carbonyl (C=O) groups excluding carboxylic acids is 2. The van der Waals surface area contributed by atoms with Crippen LogP contribution in [-0.2, 0) is 9.59 Å². The standard InChI is InChI=1S/C12H13BrN2O5/c1-20-7-2-3-9(13)8(4-7)12(19)15(5-10(14)16)6-11(17)18/h2-4H,5-6H2,1H3,(H2,14,16)(H,17,18). The molecule has 0 fully saturated rings. The number of halogens is 1. The first-order chi connectivity index (χ1) is 9.35. The Kier molecular flexibility index (Phi) is 5.51. The van der Waals surface area contributed by atoms with Crippen molar-refractivity contribution >= 4 is 33.7 Å². The van der Waals surface area contributed by atoms with Crippen LogP contribution in [0.2, 0.25) is 0 Å². The lowest BCUT2D eigenvalue weighted by atomic mass is 10.2. The van der Waals surface area contributed by atoms with Crippen LogP contribution in [0.4, 0.5) is 0 Å². The van der Waals surface area contributed by atoms with E-state index in [1.807, 2.05) is 0 Å². The van der Waals surface area contributed by atoms with Crippen LogP contribution in [0.15, 0.2) is 22.7 Å². The zero-order valence-electron chi connectivity index (χ0n) is 10.6. The van der Waals surface area contributed by atoms with Crippen molar-refractivity contribution in [2.75, 3.05) is 20.2 Å². The number of aliphatic carboxylic acids is 1. The Labute approximate surface area is 123 Å². The molecule has 0 radical (unpaired) electrons. The molecule has 0 aliphatic carbocycles. The lowest BCUT2D eigenvalue weighted by molar-refractivity contribution is -0.138. The van der Waals surface area contributed by atoms with Gasteiger partial charge >= 0.3 is 5.97 Å². The molecule has 108 valence electrons. The van der Waals surface area contributed by atoms with Gasteiger partial charge in [-0.3, -0.25) is 14.4 Å². The molecule has 0 saturated carbocycles. The maximum atomic E-state index is 12.3. The third-order valence-electron chi connectivity index (χ3n) is 2.36. The van der Waals surface area contributed by atoms with Crippen molar-refractivity contribution in [1.29, 1.82) is 0 Å². The van der Waals surface area contributed by atoms with Crippen LogP contribution in [0, 0.1) is 0 Å². The fraction of sp³-hybridized carbons (Fsp3) is 0.250. The van der Waals surface area contributed by atoms with Gasteiger partial charge in [-0.25, -0.2) is 0 Å². The van der Waals surface area contributed by atoms with Crippen molar-refractivity contribution in [2.45, 2.75) is 0 Å². The maximum absolute atomic E-state index is 12.3. The zero-order chi connectivity index (χ0) is 15.3. The van der Waals surface area contributed by atoms with E-state index in [2.05, 4.69) is 15.9 Å². The van der Waals surface area contributed by atoms with Gasteiger partial charge in [-0.1, -0.05) is 0 Å². The number of carboxylic acids is 1. The fourth-order valence-corrected chi connectivity index (χ4v) is 1.93. The molecule has 0 heterocycles. The molecule has 3 N–H and O–H groups in total. The minimum Gasteiger partial charge on any atom is -0.497 e.